The highest BCUT2D eigenvalue weighted by atomic mass is 79.9. The molecule has 2 aromatic heterocycles. The first-order chi connectivity index (χ1) is 7.66. The molecule has 0 fully saturated rings. The largest absolute Gasteiger partial charge is 0.287 e. The molecule has 0 spiro atoms. The average Bonchev–Trinajstić information content (AvgIpc) is 2.61. The molecule has 0 atom stereocenters. The third-order valence-corrected chi connectivity index (χ3v) is 3.47. The van der Waals surface area contributed by atoms with Gasteiger partial charge in [0.1, 0.15) is 10.3 Å². The van der Waals surface area contributed by atoms with Crippen LogP contribution in [-0.2, 0) is 0 Å². The van der Waals surface area contributed by atoms with Crippen molar-refractivity contribution in [2.75, 3.05) is 0 Å². The van der Waals surface area contributed by atoms with Gasteiger partial charge in [0.25, 0.3) is 0 Å². The summed E-state index contributed by atoms with van der Waals surface area (Å²) in [4.78, 5) is 4.37. The Morgan fingerprint density at radius 2 is 2.00 bits per heavy atom. The van der Waals surface area contributed by atoms with Gasteiger partial charge in [-0.1, -0.05) is 11.6 Å². The number of aryl methyl sites for hydroxylation is 2. The summed E-state index contributed by atoms with van der Waals surface area (Å²) in [5.41, 5.74) is 4.74. The minimum atomic E-state index is 0.987. The van der Waals surface area contributed by atoms with Crippen molar-refractivity contribution in [2.45, 2.75) is 13.8 Å². The SMILES string of the molecule is Cc1ccc2c(c1)c(C)cc1ncc(Br)n12. The monoisotopic (exact) mass is 274 g/mol. The molecule has 0 amide bonds. The number of aromatic nitrogens is 2. The maximum atomic E-state index is 4.37. The number of halogens is 1. The van der Waals surface area contributed by atoms with E-state index in [1.807, 2.05) is 6.20 Å². The normalized spacial score (nSPS) is 11.4. The van der Waals surface area contributed by atoms with Gasteiger partial charge in [-0.3, -0.25) is 4.40 Å². The van der Waals surface area contributed by atoms with Crippen LogP contribution >= 0.6 is 15.9 Å². The first-order valence-corrected chi connectivity index (χ1v) is 5.99. The number of rotatable bonds is 0. The molecule has 0 saturated carbocycles. The second-order valence-electron chi connectivity index (χ2n) is 4.12. The Labute approximate surface area is 102 Å². The third kappa shape index (κ3) is 1.28. The molecule has 80 valence electrons. The van der Waals surface area contributed by atoms with Gasteiger partial charge in [0.15, 0.2) is 0 Å². The van der Waals surface area contributed by atoms with E-state index >= 15 is 0 Å². The van der Waals surface area contributed by atoms with Gasteiger partial charge in [-0.2, -0.15) is 0 Å². The molecule has 0 unspecified atom stereocenters. The molecule has 0 radical (unpaired) electrons. The Hall–Kier alpha value is -1.35. The minimum Gasteiger partial charge on any atom is -0.287 e. The average molecular weight is 275 g/mol. The summed E-state index contributed by atoms with van der Waals surface area (Å²) in [6, 6.07) is 8.62. The summed E-state index contributed by atoms with van der Waals surface area (Å²) in [5.74, 6) is 0. The Morgan fingerprint density at radius 3 is 2.81 bits per heavy atom. The summed E-state index contributed by atoms with van der Waals surface area (Å²) in [5, 5.41) is 1.28. The maximum absolute atomic E-state index is 4.37. The van der Waals surface area contributed by atoms with Crippen molar-refractivity contribution in [3.63, 3.8) is 0 Å². The van der Waals surface area contributed by atoms with Crippen molar-refractivity contribution in [2.24, 2.45) is 0 Å². The number of hydrogen-bond donors (Lipinski definition) is 0. The van der Waals surface area contributed by atoms with Gasteiger partial charge in [0.05, 0.1) is 11.7 Å². The van der Waals surface area contributed by atoms with Gasteiger partial charge in [-0.15, -0.1) is 0 Å². The van der Waals surface area contributed by atoms with Gasteiger partial charge in [0, 0.05) is 5.39 Å². The Bertz CT molecular complexity index is 698. The number of fused-ring (bicyclic) bond motifs is 3. The lowest BCUT2D eigenvalue weighted by molar-refractivity contribution is 1.21. The van der Waals surface area contributed by atoms with Gasteiger partial charge < -0.3 is 0 Å². The van der Waals surface area contributed by atoms with E-state index < -0.39 is 0 Å². The lowest BCUT2D eigenvalue weighted by atomic mass is 10.1. The number of nitrogens with zero attached hydrogens (tertiary/aromatic N) is 2. The molecule has 3 aromatic rings. The van der Waals surface area contributed by atoms with Crippen LogP contribution in [0.15, 0.2) is 35.1 Å². The molecule has 16 heavy (non-hydrogen) atoms. The summed E-state index contributed by atoms with van der Waals surface area (Å²) in [6.45, 7) is 4.25. The van der Waals surface area contributed by atoms with Crippen LogP contribution in [0, 0.1) is 13.8 Å². The van der Waals surface area contributed by atoms with E-state index in [0.717, 1.165) is 10.3 Å². The Morgan fingerprint density at radius 1 is 1.19 bits per heavy atom. The zero-order chi connectivity index (χ0) is 11.3. The highest BCUT2D eigenvalue weighted by molar-refractivity contribution is 9.10. The fourth-order valence-corrected chi connectivity index (χ4v) is 2.59. The molecule has 0 bridgehead atoms. The van der Waals surface area contributed by atoms with E-state index in [0.29, 0.717) is 0 Å². The summed E-state index contributed by atoms with van der Waals surface area (Å²) in [7, 11) is 0. The molecule has 1 aromatic carbocycles. The fourth-order valence-electron chi connectivity index (χ4n) is 2.12. The lowest BCUT2D eigenvalue weighted by Gasteiger charge is -2.07. The maximum Gasteiger partial charge on any atom is 0.138 e. The molecule has 3 rings (SSSR count). The van der Waals surface area contributed by atoms with Crippen molar-refractivity contribution in [3.05, 3.63) is 46.2 Å². The van der Waals surface area contributed by atoms with E-state index in [1.165, 1.54) is 22.0 Å². The second kappa shape index (κ2) is 3.32. The lowest BCUT2D eigenvalue weighted by Crippen LogP contribution is -1.91. The van der Waals surface area contributed by atoms with Crippen LogP contribution in [0.2, 0.25) is 0 Å². The highest BCUT2D eigenvalue weighted by Gasteiger charge is 2.07. The molecule has 0 aliphatic heterocycles. The van der Waals surface area contributed by atoms with Crippen molar-refractivity contribution in [1.82, 2.24) is 9.38 Å². The van der Waals surface area contributed by atoms with E-state index in [1.54, 1.807) is 0 Å². The molecular weight excluding hydrogens is 264 g/mol. The van der Waals surface area contributed by atoms with Crippen molar-refractivity contribution >= 4 is 32.5 Å². The molecule has 0 saturated heterocycles. The van der Waals surface area contributed by atoms with E-state index in [9.17, 15) is 0 Å². The minimum absolute atomic E-state index is 0.987. The topological polar surface area (TPSA) is 17.3 Å². The quantitative estimate of drug-likeness (QED) is 0.608. The molecule has 0 aliphatic rings. The predicted molar refractivity (Wildman–Crippen MR) is 69.9 cm³/mol. The molecule has 0 N–H and O–H groups in total. The molecule has 0 aliphatic carbocycles. The van der Waals surface area contributed by atoms with E-state index in [2.05, 4.69) is 63.4 Å². The van der Waals surface area contributed by atoms with Crippen molar-refractivity contribution in [3.8, 4) is 0 Å². The molecule has 2 nitrogen and oxygen atoms in total. The van der Waals surface area contributed by atoms with Crippen LogP contribution in [0.3, 0.4) is 0 Å². The zero-order valence-electron chi connectivity index (χ0n) is 9.16. The second-order valence-corrected chi connectivity index (χ2v) is 4.93. The molecule has 2 heterocycles. The number of benzene rings is 1. The van der Waals surface area contributed by atoms with Crippen LogP contribution in [-0.4, -0.2) is 9.38 Å². The van der Waals surface area contributed by atoms with E-state index in [-0.39, 0.29) is 0 Å². The van der Waals surface area contributed by atoms with Gasteiger partial charge in [0.2, 0.25) is 0 Å². The van der Waals surface area contributed by atoms with Crippen LogP contribution in [0.25, 0.3) is 16.6 Å². The number of imidazole rings is 1. The Kier molecular flexibility index (Phi) is 2.04. The van der Waals surface area contributed by atoms with Gasteiger partial charge >= 0.3 is 0 Å². The van der Waals surface area contributed by atoms with Gasteiger partial charge in [-0.25, -0.2) is 4.98 Å². The summed E-state index contributed by atoms with van der Waals surface area (Å²) >= 11 is 3.53. The smallest absolute Gasteiger partial charge is 0.138 e. The number of hydrogen-bond acceptors (Lipinski definition) is 1. The van der Waals surface area contributed by atoms with Crippen molar-refractivity contribution in [1.29, 1.82) is 0 Å². The van der Waals surface area contributed by atoms with E-state index in [4.69, 9.17) is 0 Å². The zero-order valence-corrected chi connectivity index (χ0v) is 10.7. The van der Waals surface area contributed by atoms with Gasteiger partial charge in [-0.05, 0) is 53.5 Å². The van der Waals surface area contributed by atoms with Crippen LogP contribution in [0.1, 0.15) is 11.1 Å². The van der Waals surface area contributed by atoms with Crippen LogP contribution in [0.5, 0.6) is 0 Å². The van der Waals surface area contributed by atoms with Crippen LogP contribution in [0.4, 0.5) is 0 Å². The molecule has 3 heteroatoms. The number of pyridine rings is 1. The summed E-state index contributed by atoms with van der Waals surface area (Å²) in [6.07, 6.45) is 1.84. The van der Waals surface area contributed by atoms with Crippen molar-refractivity contribution < 1.29 is 0 Å². The highest BCUT2D eigenvalue weighted by Crippen LogP contribution is 2.25. The Balaban J connectivity index is 2.62. The molecular formula is C13H11BrN2. The summed E-state index contributed by atoms with van der Waals surface area (Å²) < 4.78 is 3.12. The predicted octanol–water partition coefficient (Wildman–Crippen LogP) is 3.87. The first-order valence-electron chi connectivity index (χ1n) is 5.20. The fraction of sp³-hybridized carbons (Fsp3) is 0.154. The first kappa shape index (κ1) is 9.85. The van der Waals surface area contributed by atoms with Crippen LogP contribution < -0.4 is 0 Å². The standard InChI is InChI=1S/C13H11BrN2/c1-8-3-4-11-10(5-8)9(2)6-13-15-7-12(14)16(11)13/h3-7H,1-2H3. The third-order valence-electron chi connectivity index (χ3n) is 2.91.